The van der Waals surface area contributed by atoms with Crippen LogP contribution in [0.1, 0.15) is 37.7 Å². The zero-order valence-electron chi connectivity index (χ0n) is 23.6. The minimum absolute atomic E-state index is 0.593. The van der Waals surface area contributed by atoms with Gasteiger partial charge in [0.1, 0.15) is 5.92 Å². The van der Waals surface area contributed by atoms with Gasteiger partial charge >= 0.3 is 0 Å². The van der Waals surface area contributed by atoms with E-state index >= 15 is 0 Å². The third kappa shape index (κ3) is 5.59. The van der Waals surface area contributed by atoms with Gasteiger partial charge in [0.25, 0.3) is 0 Å². The lowest BCUT2D eigenvalue weighted by molar-refractivity contribution is -0.00320. The molecule has 0 aliphatic carbocycles. The molecule has 3 aliphatic rings. The molecule has 2 aromatic carbocycles. The summed E-state index contributed by atoms with van der Waals surface area (Å²) in [6.45, 7) is 4.58. The van der Waals surface area contributed by atoms with Gasteiger partial charge in [0.2, 0.25) is 0 Å². The molecule has 6 rings (SSSR count). The summed E-state index contributed by atoms with van der Waals surface area (Å²) in [5, 5.41) is 15.1. The molecular weight excluding hydrogens is 554 g/mol. The Labute approximate surface area is 251 Å². The van der Waals surface area contributed by atoms with Crippen molar-refractivity contribution in [1.29, 1.82) is 5.26 Å². The molecule has 8 nitrogen and oxygen atoms in total. The van der Waals surface area contributed by atoms with Crippen molar-refractivity contribution in [2.75, 3.05) is 43.5 Å². The van der Waals surface area contributed by atoms with E-state index in [2.05, 4.69) is 44.4 Å². The zero-order valence-corrected chi connectivity index (χ0v) is 25.2. The summed E-state index contributed by atoms with van der Waals surface area (Å²) >= 11 is 8.21. The van der Waals surface area contributed by atoms with Crippen LogP contribution in [0.3, 0.4) is 0 Å². The number of piperidine rings is 2. The minimum Gasteiger partial charge on any atom is -0.371 e. The highest BCUT2D eigenvalue weighted by atomic mass is 35.5. The predicted octanol–water partition coefficient (Wildman–Crippen LogP) is 6.45. The highest BCUT2D eigenvalue weighted by Gasteiger charge is 2.45. The normalized spacial score (nSPS) is 23.3. The van der Waals surface area contributed by atoms with Crippen molar-refractivity contribution in [3.05, 3.63) is 59.4 Å². The lowest BCUT2D eigenvalue weighted by atomic mass is 9.86. The Morgan fingerprint density at radius 3 is 2.59 bits per heavy atom. The number of hydrogen-bond acceptors (Lipinski definition) is 8. The van der Waals surface area contributed by atoms with Crippen molar-refractivity contribution < 1.29 is 4.74 Å². The van der Waals surface area contributed by atoms with Crippen LogP contribution in [0.2, 0.25) is 5.02 Å². The molecule has 0 saturated carbocycles. The number of nitriles is 1. The maximum atomic E-state index is 10.1. The second-order valence-corrected chi connectivity index (χ2v) is 12.5. The summed E-state index contributed by atoms with van der Waals surface area (Å²) in [5.41, 5.74) is 2.46. The highest BCUT2D eigenvalue weighted by molar-refractivity contribution is 7.99. The van der Waals surface area contributed by atoms with Gasteiger partial charge in [0, 0.05) is 73.7 Å². The summed E-state index contributed by atoms with van der Waals surface area (Å²) in [7, 11) is 3.58. The number of aliphatic imine (C=N–C) groups is 1. The first-order valence-electron chi connectivity index (χ1n) is 14.4. The molecule has 0 amide bonds. The molecule has 0 bridgehead atoms. The number of benzene rings is 2. The largest absolute Gasteiger partial charge is 0.371 e. The van der Waals surface area contributed by atoms with Gasteiger partial charge < -0.3 is 24.4 Å². The van der Waals surface area contributed by atoms with Crippen molar-refractivity contribution in [3.63, 3.8) is 0 Å². The van der Waals surface area contributed by atoms with Crippen LogP contribution in [0.25, 0.3) is 0 Å². The number of imidazole rings is 1. The number of rotatable bonds is 7. The molecule has 2 unspecified atom stereocenters. The molecule has 214 valence electrons. The van der Waals surface area contributed by atoms with E-state index in [0.717, 1.165) is 45.8 Å². The highest BCUT2D eigenvalue weighted by Crippen LogP contribution is 2.45. The fourth-order valence-electron chi connectivity index (χ4n) is 6.32. The molecule has 0 radical (unpaired) electrons. The zero-order chi connectivity index (χ0) is 28.4. The molecule has 3 aromatic rings. The van der Waals surface area contributed by atoms with E-state index in [1.54, 1.807) is 19.5 Å². The first kappa shape index (κ1) is 28.1. The fourth-order valence-corrected chi connectivity index (χ4v) is 7.42. The predicted molar refractivity (Wildman–Crippen MR) is 165 cm³/mol. The maximum Gasteiger partial charge on any atom is 0.187 e. The van der Waals surface area contributed by atoms with Crippen molar-refractivity contribution >= 4 is 46.6 Å². The average Bonchev–Trinajstić information content (AvgIpc) is 3.42. The van der Waals surface area contributed by atoms with E-state index in [-0.39, 0.29) is 0 Å². The second-order valence-electron chi connectivity index (χ2n) is 11.0. The summed E-state index contributed by atoms with van der Waals surface area (Å²) < 4.78 is 8.10. The molecule has 41 heavy (non-hydrogen) atoms. The molecule has 1 aromatic heterocycles. The number of hydrogen-bond donors (Lipinski definition) is 1. The van der Waals surface area contributed by atoms with Crippen LogP contribution in [0.5, 0.6) is 0 Å². The lowest BCUT2D eigenvalue weighted by Crippen LogP contribution is -2.47. The number of halogens is 1. The Kier molecular flexibility index (Phi) is 8.27. The number of methoxy groups -OCH3 is 1. The van der Waals surface area contributed by atoms with Crippen molar-refractivity contribution in [1.82, 2.24) is 14.5 Å². The number of likely N-dealkylation sites (tertiary alicyclic amines) is 1. The van der Waals surface area contributed by atoms with Crippen LogP contribution in [0.15, 0.2) is 63.8 Å². The van der Waals surface area contributed by atoms with Crippen molar-refractivity contribution in [2.45, 2.75) is 53.9 Å². The molecule has 2 saturated heterocycles. The topological polar surface area (TPSA) is 81.7 Å². The van der Waals surface area contributed by atoms with E-state index in [9.17, 15) is 5.26 Å². The van der Waals surface area contributed by atoms with Crippen LogP contribution in [-0.4, -0.2) is 60.0 Å². The van der Waals surface area contributed by atoms with Gasteiger partial charge in [0.05, 0.1) is 16.8 Å². The fraction of sp³-hybridized carbons (Fsp3) is 0.452. The Morgan fingerprint density at radius 1 is 1.10 bits per heavy atom. The molecule has 10 heteroatoms. The number of aryl methyl sites for hydroxylation is 1. The molecule has 3 aliphatic heterocycles. The van der Waals surface area contributed by atoms with Crippen LogP contribution >= 0.6 is 23.4 Å². The summed E-state index contributed by atoms with van der Waals surface area (Å²) in [6.07, 6.45) is 11.8. The van der Waals surface area contributed by atoms with E-state index in [0.29, 0.717) is 11.1 Å². The van der Waals surface area contributed by atoms with Crippen LogP contribution in [0.4, 0.5) is 17.1 Å². The molecule has 0 spiro atoms. The number of nitrogens with one attached hydrogen (secondary N) is 1. The molecule has 4 heterocycles. The van der Waals surface area contributed by atoms with Crippen LogP contribution in [-0.2, 0) is 17.5 Å². The second kappa shape index (κ2) is 12.1. The summed E-state index contributed by atoms with van der Waals surface area (Å²) in [4.78, 5) is 15.2. The number of aromatic nitrogens is 2. The number of anilines is 2. The molecular formula is C31H36ClN7OS. The Bertz CT molecular complexity index is 1450. The van der Waals surface area contributed by atoms with Gasteiger partial charge in [0.15, 0.2) is 10.9 Å². The lowest BCUT2D eigenvalue weighted by Gasteiger charge is -2.42. The van der Waals surface area contributed by atoms with E-state index in [1.807, 2.05) is 36.0 Å². The van der Waals surface area contributed by atoms with Crippen LogP contribution < -0.4 is 10.2 Å². The van der Waals surface area contributed by atoms with E-state index < -0.39 is 11.6 Å². The number of nitrogens with zero attached hydrogens (tertiary/aromatic N) is 6. The SMILES string of the molecule is COC1(Nc2ccc(Sc3nccn3C)c(Cl)c2)c2ccc(N3CCC(N4CCCCC4)CC3)cc2N=CC1C#N. The van der Waals surface area contributed by atoms with E-state index in [4.69, 9.17) is 21.3 Å². The van der Waals surface area contributed by atoms with Gasteiger partial charge in [-0.1, -0.05) is 29.8 Å². The first-order valence-corrected chi connectivity index (χ1v) is 15.6. The quantitative estimate of drug-likeness (QED) is 0.317. The third-order valence-corrected chi connectivity index (χ3v) is 10.2. The summed E-state index contributed by atoms with van der Waals surface area (Å²) in [5.74, 6) is -0.633. The van der Waals surface area contributed by atoms with Gasteiger partial charge in [-0.2, -0.15) is 5.26 Å². The molecule has 2 fully saturated rings. The van der Waals surface area contributed by atoms with Gasteiger partial charge in [-0.15, -0.1) is 0 Å². The van der Waals surface area contributed by atoms with E-state index in [1.165, 1.54) is 57.0 Å². The molecule has 1 N–H and O–H groups in total. The Hall–Kier alpha value is -3.03. The van der Waals surface area contributed by atoms with Gasteiger partial charge in [-0.3, -0.25) is 4.99 Å². The first-order chi connectivity index (χ1) is 20.0. The average molecular weight is 590 g/mol. The Balaban J connectivity index is 1.22. The minimum atomic E-state index is -1.11. The summed E-state index contributed by atoms with van der Waals surface area (Å²) in [6, 6.07) is 15.2. The monoisotopic (exact) mass is 589 g/mol. The smallest absolute Gasteiger partial charge is 0.187 e. The maximum absolute atomic E-state index is 10.1. The van der Waals surface area contributed by atoms with Crippen LogP contribution in [0, 0.1) is 17.2 Å². The third-order valence-electron chi connectivity index (χ3n) is 8.62. The molecule has 2 atom stereocenters. The Morgan fingerprint density at radius 2 is 1.90 bits per heavy atom. The van der Waals surface area contributed by atoms with Gasteiger partial charge in [-0.05, 0) is 75.2 Å². The van der Waals surface area contributed by atoms with Crippen molar-refractivity contribution in [3.8, 4) is 6.07 Å². The number of fused-ring (bicyclic) bond motifs is 1. The van der Waals surface area contributed by atoms with Gasteiger partial charge in [-0.25, -0.2) is 4.98 Å². The standard InChI is InChI=1S/C31H36ClN7OS/c1-37-17-12-34-30(37)41-29-9-6-23(18-27(29)32)36-31(40-2)22(20-33)21-35-28-19-25(7-8-26(28)31)39-15-10-24(11-16-39)38-13-4-3-5-14-38/h6-9,12,17-19,21-22,24,36H,3-5,10-11,13-16H2,1-2H3. The van der Waals surface area contributed by atoms with Crippen molar-refractivity contribution in [2.24, 2.45) is 18.0 Å². The number of ether oxygens (including phenoxy) is 1.